The Morgan fingerprint density at radius 3 is 1.75 bits per heavy atom. The molecule has 0 aromatic heterocycles. The molecule has 0 bridgehead atoms. The van der Waals surface area contributed by atoms with Crippen molar-refractivity contribution in [2.45, 2.75) is 90.3 Å². The zero-order valence-electron chi connectivity index (χ0n) is 20.5. The third kappa shape index (κ3) is 7.99. The molecule has 0 aliphatic carbocycles. The van der Waals surface area contributed by atoms with E-state index in [9.17, 15) is 0 Å². The number of hydrogen-bond donors (Lipinski definition) is 0. The summed E-state index contributed by atoms with van der Waals surface area (Å²) in [5.41, 5.74) is 3.08. The molecular formula is C29H42Br2O. The van der Waals surface area contributed by atoms with Crippen molar-refractivity contribution in [2.75, 3.05) is 10.7 Å². The molecular weight excluding hydrogens is 524 g/mol. The van der Waals surface area contributed by atoms with Crippen LogP contribution in [0.5, 0.6) is 0 Å². The number of alkyl halides is 2. The van der Waals surface area contributed by atoms with Gasteiger partial charge in [0.25, 0.3) is 0 Å². The minimum Gasteiger partial charge on any atom is -0.374 e. The summed E-state index contributed by atoms with van der Waals surface area (Å²) >= 11 is 7.24. The number of halogens is 2. The quantitative estimate of drug-likeness (QED) is 0.207. The fourth-order valence-corrected chi connectivity index (χ4v) is 5.68. The first-order valence-electron chi connectivity index (χ1n) is 12.3. The monoisotopic (exact) mass is 564 g/mol. The number of hydrogen-bond acceptors (Lipinski definition) is 1. The minimum atomic E-state index is 0.0612. The fraction of sp³-hybridized carbons (Fsp3) is 0.586. The standard InChI is InChI=1S/C29H42Br2O/c1-5-6-20-29(24-14-9-7-10-15-24,25-16-11-8-12-17-25)21-13-18-27(28(2,3)4)32-26(23-31)19-22-30/h7-12,14-17,26-27H,5-6,13,18-23H2,1-4H3/t26?,27-/m0/s1. The molecule has 0 heterocycles. The number of ether oxygens (including phenoxy) is 1. The van der Waals surface area contributed by atoms with Gasteiger partial charge in [0.15, 0.2) is 0 Å². The van der Waals surface area contributed by atoms with Gasteiger partial charge in [-0.1, -0.05) is 133 Å². The largest absolute Gasteiger partial charge is 0.374 e. The summed E-state index contributed by atoms with van der Waals surface area (Å²) in [5, 5.41) is 1.86. The van der Waals surface area contributed by atoms with Gasteiger partial charge in [-0.25, -0.2) is 0 Å². The van der Waals surface area contributed by atoms with Crippen LogP contribution < -0.4 is 0 Å². The number of unbranched alkanes of at least 4 members (excludes halogenated alkanes) is 1. The van der Waals surface area contributed by atoms with E-state index in [-0.39, 0.29) is 23.0 Å². The molecule has 178 valence electrons. The van der Waals surface area contributed by atoms with Gasteiger partial charge in [-0.15, -0.1) is 0 Å². The Kier molecular flexibility index (Phi) is 12.0. The lowest BCUT2D eigenvalue weighted by Crippen LogP contribution is -2.35. The molecule has 1 unspecified atom stereocenters. The van der Waals surface area contributed by atoms with E-state index in [1.54, 1.807) is 0 Å². The highest BCUT2D eigenvalue weighted by Gasteiger charge is 2.34. The van der Waals surface area contributed by atoms with Crippen molar-refractivity contribution < 1.29 is 4.74 Å². The van der Waals surface area contributed by atoms with Crippen LogP contribution in [-0.2, 0) is 10.2 Å². The molecule has 32 heavy (non-hydrogen) atoms. The zero-order valence-corrected chi connectivity index (χ0v) is 23.6. The molecule has 0 aliphatic rings. The fourth-order valence-electron chi connectivity index (χ4n) is 4.69. The summed E-state index contributed by atoms with van der Waals surface area (Å²) in [6, 6.07) is 22.4. The van der Waals surface area contributed by atoms with Crippen molar-refractivity contribution in [3.8, 4) is 0 Å². The van der Waals surface area contributed by atoms with Crippen LogP contribution >= 0.6 is 31.9 Å². The van der Waals surface area contributed by atoms with Gasteiger partial charge in [-0.3, -0.25) is 0 Å². The van der Waals surface area contributed by atoms with Crippen molar-refractivity contribution in [3.63, 3.8) is 0 Å². The summed E-state index contributed by atoms with van der Waals surface area (Å²) in [7, 11) is 0. The van der Waals surface area contributed by atoms with Gasteiger partial charge in [0.2, 0.25) is 0 Å². The molecule has 1 nitrogen and oxygen atoms in total. The summed E-state index contributed by atoms with van der Waals surface area (Å²) in [6.45, 7) is 9.25. The van der Waals surface area contributed by atoms with Crippen LogP contribution in [0.2, 0.25) is 0 Å². The first-order chi connectivity index (χ1) is 15.4. The van der Waals surface area contributed by atoms with Crippen LogP contribution in [0.4, 0.5) is 0 Å². The van der Waals surface area contributed by atoms with E-state index >= 15 is 0 Å². The molecule has 0 fully saturated rings. The van der Waals surface area contributed by atoms with Crippen molar-refractivity contribution >= 4 is 31.9 Å². The first kappa shape index (κ1) is 27.6. The van der Waals surface area contributed by atoms with E-state index in [2.05, 4.69) is 120 Å². The third-order valence-corrected chi connectivity index (χ3v) is 7.79. The van der Waals surface area contributed by atoms with E-state index < -0.39 is 0 Å². The Balaban J connectivity index is 2.28. The lowest BCUT2D eigenvalue weighted by atomic mass is 9.67. The second-order valence-corrected chi connectivity index (χ2v) is 11.5. The number of rotatable bonds is 14. The summed E-state index contributed by atoms with van der Waals surface area (Å²) in [4.78, 5) is 0. The maximum atomic E-state index is 6.64. The van der Waals surface area contributed by atoms with Crippen LogP contribution in [0.3, 0.4) is 0 Å². The molecule has 2 aromatic carbocycles. The molecule has 0 aliphatic heterocycles. The Morgan fingerprint density at radius 2 is 1.31 bits per heavy atom. The van der Waals surface area contributed by atoms with Crippen LogP contribution in [-0.4, -0.2) is 22.9 Å². The van der Waals surface area contributed by atoms with E-state index in [1.807, 2.05) is 0 Å². The number of benzene rings is 2. The highest BCUT2D eigenvalue weighted by atomic mass is 79.9. The topological polar surface area (TPSA) is 9.23 Å². The Hall–Kier alpha value is -0.640. The molecule has 0 radical (unpaired) electrons. The second kappa shape index (κ2) is 13.9. The van der Waals surface area contributed by atoms with Gasteiger partial charge in [0.05, 0.1) is 12.2 Å². The maximum Gasteiger partial charge on any atom is 0.0683 e. The van der Waals surface area contributed by atoms with E-state index in [0.29, 0.717) is 0 Å². The predicted octanol–water partition coefficient (Wildman–Crippen LogP) is 9.31. The molecule has 2 aromatic rings. The van der Waals surface area contributed by atoms with Gasteiger partial charge in [0, 0.05) is 16.1 Å². The molecule has 0 saturated heterocycles. The molecule has 3 heteroatoms. The van der Waals surface area contributed by atoms with Crippen molar-refractivity contribution in [1.82, 2.24) is 0 Å². The van der Waals surface area contributed by atoms with Crippen LogP contribution in [0, 0.1) is 5.41 Å². The Labute approximate surface area is 214 Å². The van der Waals surface area contributed by atoms with E-state index in [0.717, 1.165) is 36.3 Å². The average molecular weight is 566 g/mol. The first-order valence-corrected chi connectivity index (χ1v) is 14.5. The van der Waals surface area contributed by atoms with Crippen LogP contribution in [0.25, 0.3) is 0 Å². The van der Waals surface area contributed by atoms with Gasteiger partial charge >= 0.3 is 0 Å². The van der Waals surface area contributed by atoms with Crippen molar-refractivity contribution in [2.24, 2.45) is 5.41 Å². The van der Waals surface area contributed by atoms with Gasteiger partial charge in [0.1, 0.15) is 0 Å². The maximum absolute atomic E-state index is 6.64. The zero-order chi connectivity index (χ0) is 23.5. The summed E-state index contributed by atoms with van der Waals surface area (Å²) in [6.07, 6.45) is 8.56. The third-order valence-electron chi connectivity index (χ3n) is 6.61. The molecule has 0 amide bonds. The molecule has 2 rings (SSSR count). The molecule has 2 atom stereocenters. The van der Waals surface area contributed by atoms with Gasteiger partial charge < -0.3 is 4.74 Å². The average Bonchev–Trinajstić information content (AvgIpc) is 2.80. The highest BCUT2D eigenvalue weighted by Crippen LogP contribution is 2.42. The van der Waals surface area contributed by atoms with Crippen LogP contribution in [0.1, 0.15) is 83.8 Å². The molecule has 0 spiro atoms. The lowest BCUT2D eigenvalue weighted by molar-refractivity contribution is -0.0626. The van der Waals surface area contributed by atoms with E-state index in [1.165, 1.54) is 30.4 Å². The van der Waals surface area contributed by atoms with E-state index in [4.69, 9.17) is 4.74 Å². The van der Waals surface area contributed by atoms with Crippen molar-refractivity contribution in [1.29, 1.82) is 0 Å². The van der Waals surface area contributed by atoms with Crippen LogP contribution in [0.15, 0.2) is 60.7 Å². The smallest absolute Gasteiger partial charge is 0.0683 e. The SMILES string of the molecule is CCCCC(CCC[C@H](OC(CBr)CCBr)C(C)(C)C)(c1ccccc1)c1ccccc1. The predicted molar refractivity (Wildman–Crippen MR) is 147 cm³/mol. The molecule has 0 saturated carbocycles. The van der Waals surface area contributed by atoms with Gasteiger partial charge in [-0.05, 0) is 48.6 Å². The van der Waals surface area contributed by atoms with Crippen molar-refractivity contribution in [3.05, 3.63) is 71.8 Å². The molecule has 0 N–H and O–H groups in total. The Bertz CT molecular complexity index is 699. The summed E-state index contributed by atoms with van der Waals surface area (Å²) in [5.74, 6) is 0. The lowest BCUT2D eigenvalue weighted by Gasteiger charge is -2.38. The Morgan fingerprint density at radius 1 is 0.781 bits per heavy atom. The van der Waals surface area contributed by atoms with Gasteiger partial charge in [-0.2, -0.15) is 0 Å². The minimum absolute atomic E-state index is 0.0612. The normalized spacial score (nSPS) is 14.3. The summed E-state index contributed by atoms with van der Waals surface area (Å²) < 4.78 is 6.64. The second-order valence-electron chi connectivity index (χ2n) is 10.1. The highest BCUT2D eigenvalue weighted by molar-refractivity contribution is 9.09.